The Morgan fingerprint density at radius 1 is 0.857 bits per heavy atom. The highest BCUT2D eigenvalue weighted by Gasteiger charge is 2.09. The van der Waals surface area contributed by atoms with E-state index in [-0.39, 0.29) is 6.61 Å². The van der Waals surface area contributed by atoms with Crippen LogP contribution in [0.25, 0.3) is 11.1 Å². The summed E-state index contributed by atoms with van der Waals surface area (Å²) in [4.78, 5) is 0. The summed E-state index contributed by atoms with van der Waals surface area (Å²) in [5.74, 6) is 1.17. The fourth-order valence-corrected chi connectivity index (χ4v) is 2.95. The van der Waals surface area contributed by atoms with Crippen LogP contribution in [-0.2, 0) is 6.61 Å². The molecule has 0 radical (unpaired) electrons. The monoisotopic (exact) mass is 371 g/mol. The zero-order valence-electron chi connectivity index (χ0n) is 15.8. The molecular weight excluding hydrogens is 350 g/mol. The van der Waals surface area contributed by atoms with Crippen molar-refractivity contribution in [2.24, 2.45) is 0 Å². The molecule has 5 heteroatoms. The molecule has 0 aliphatic heterocycles. The van der Waals surface area contributed by atoms with Crippen molar-refractivity contribution in [1.82, 2.24) is 10.2 Å². The standard InChI is InChI=1S/C23H21N3O2/c1-16-8-13-21(17(2)14-16)24-23-26-25-22(28-23)15-27-20-11-9-19(10-12-20)18-6-4-3-5-7-18/h3-14H,15H2,1-2H3,(H,24,26). The van der Waals surface area contributed by atoms with E-state index < -0.39 is 0 Å². The molecule has 4 aromatic rings. The van der Waals surface area contributed by atoms with Gasteiger partial charge in [-0.2, -0.15) is 0 Å². The molecule has 0 aliphatic rings. The Bertz CT molecular complexity index is 1060. The van der Waals surface area contributed by atoms with E-state index in [1.54, 1.807) is 0 Å². The molecule has 0 saturated carbocycles. The van der Waals surface area contributed by atoms with E-state index in [0.717, 1.165) is 22.6 Å². The minimum atomic E-state index is 0.215. The Morgan fingerprint density at radius 3 is 2.36 bits per heavy atom. The van der Waals surface area contributed by atoms with Crippen LogP contribution in [0.3, 0.4) is 0 Å². The van der Waals surface area contributed by atoms with Crippen LogP contribution >= 0.6 is 0 Å². The normalized spacial score (nSPS) is 10.6. The number of nitrogens with zero attached hydrogens (tertiary/aromatic N) is 2. The van der Waals surface area contributed by atoms with Gasteiger partial charge in [0.1, 0.15) is 5.75 Å². The number of rotatable bonds is 6. The van der Waals surface area contributed by atoms with Gasteiger partial charge in [-0.3, -0.25) is 0 Å². The minimum absolute atomic E-state index is 0.215. The number of hydrogen-bond acceptors (Lipinski definition) is 5. The molecule has 3 aromatic carbocycles. The molecular formula is C23H21N3O2. The van der Waals surface area contributed by atoms with Gasteiger partial charge < -0.3 is 14.5 Å². The van der Waals surface area contributed by atoms with Crippen LogP contribution in [0.4, 0.5) is 11.7 Å². The van der Waals surface area contributed by atoms with Crippen LogP contribution in [0.5, 0.6) is 5.75 Å². The SMILES string of the molecule is Cc1ccc(Nc2nnc(COc3ccc(-c4ccccc4)cc3)o2)c(C)c1. The average Bonchev–Trinajstić information content (AvgIpc) is 3.17. The molecule has 0 saturated heterocycles. The van der Waals surface area contributed by atoms with Crippen molar-refractivity contribution in [1.29, 1.82) is 0 Å². The summed E-state index contributed by atoms with van der Waals surface area (Å²) in [7, 11) is 0. The molecule has 0 bridgehead atoms. The quantitative estimate of drug-likeness (QED) is 0.473. The fraction of sp³-hybridized carbons (Fsp3) is 0.130. The Morgan fingerprint density at radius 2 is 1.61 bits per heavy atom. The zero-order valence-corrected chi connectivity index (χ0v) is 15.8. The minimum Gasteiger partial charge on any atom is -0.484 e. The predicted octanol–water partition coefficient (Wildman–Crippen LogP) is 5.68. The van der Waals surface area contributed by atoms with Gasteiger partial charge in [-0.25, -0.2) is 0 Å². The summed E-state index contributed by atoms with van der Waals surface area (Å²) < 4.78 is 11.4. The first-order valence-corrected chi connectivity index (χ1v) is 9.12. The first-order valence-electron chi connectivity index (χ1n) is 9.12. The van der Waals surface area contributed by atoms with Gasteiger partial charge in [0.25, 0.3) is 5.89 Å². The third-order valence-corrected chi connectivity index (χ3v) is 4.41. The molecule has 0 amide bonds. The second-order valence-corrected chi connectivity index (χ2v) is 6.62. The number of anilines is 2. The molecule has 4 rings (SSSR count). The van der Waals surface area contributed by atoms with Crippen molar-refractivity contribution in [3.05, 3.63) is 89.8 Å². The van der Waals surface area contributed by atoms with Gasteiger partial charge in [0.15, 0.2) is 6.61 Å². The molecule has 0 aliphatic carbocycles. The van der Waals surface area contributed by atoms with Crippen LogP contribution in [0.15, 0.2) is 77.2 Å². The van der Waals surface area contributed by atoms with E-state index in [1.807, 2.05) is 61.5 Å². The average molecular weight is 371 g/mol. The van der Waals surface area contributed by atoms with E-state index in [0.29, 0.717) is 11.9 Å². The smallest absolute Gasteiger partial charge is 0.320 e. The number of nitrogens with one attached hydrogen (secondary N) is 1. The molecule has 0 atom stereocenters. The first-order chi connectivity index (χ1) is 13.7. The highest BCUT2D eigenvalue weighted by Crippen LogP contribution is 2.23. The van der Waals surface area contributed by atoms with Gasteiger partial charge in [0.2, 0.25) is 0 Å². The zero-order chi connectivity index (χ0) is 19.3. The van der Waals surface area contributed by atoms with Crippen LogP contribution < -0.4 is 10.1 Å². The summed E-state index contributed by atoms with van der Waals surface area (Å²) in [6.07, 6.45) is 0. The maximum absolute atomic E-state index is 5.76. The summed E-state index contributed by atoms with van der Waals surface area (Å²) in [5.41, 5.74) is 5.59. The molecule has 1 heterocycles. The van der Waals surface area contributed by atoms with Gasteiger partial charge in [-0.1, -0.05) is 65.3 Å². The third kappa shape index (κ3) is 4.20. The third-order valence-electron chi connectivity index (χ3n) is 4.41. The number of ether oxygens (including phenoxy) is 1. The molecule has 0 spiro atoms. The summed E-state index contributed by atoms with van der Waals surface area (Å²) in [6.45, 7) is 4.31. The van der Waals surface area contributed by atoms with Crippen LogP contribution in [0.2, 0.25) is 0 Å². The number of aryl methyl sites for hydroxylation is 2. The van der Waals surface area contributed by atoms with E-state index in [2.05, 4.69) is 40.6 Å². The fourth-order valence-electron chi connectivity index (χ4n) is 2.95. The summed E-state index contributed by atoms with van der Waals surface area (Å²) in [5, 5.41) is 11.2. The lowest BCUT2D eigenvalue weighted by Gasteiger charge is -2.06. The molecule has 140 valence electrons. The van der Waals surface area contributed by atoms with Crippen molar-refractivity contribution in [2.75, 3.05) is 5.32 Å². The number of benzene rings is 3. The molecule has 0 fully saturated rings. The second kappa shape index (κ2) is 7.96. The summed E-state index contributed by atoms with van der Waals surface area (Å²) >= 11 is 0. The Kier molecular flexibility index (Phi) is 5.06. The first kappa shape index (κ1) is 17.8. The highest BCUT2D eigenvalue weighted by molar-refractivity contribution is 5.63. The van der Waals surface area contributed by atoms with Crippen molar-refractivity contribution >= 4 is 11.7 Å². The summed E-state index contributed by atoms with van der Waals surface area (Å²) in [6, 6.07) is 24.7. The van der Waals surface area contributed by atoms with Crippen LogP contribution in [0, 0.1) is 13.8 Å². The van der Waals surface area contributed by atoms with Gasteiger partial charge >= 0.3 is 6.01 Å². The molecule has 5 nitrogen and oxygen atoms in total. The number of hydrogen-bond donors (Lipinski definition) is 1. The highest BCUT2D eigenvalue weighted by atomic mass is 16.5. The Hall–Kier alpha value is -3.60. The lowest BCUT2D eigenvalue weighted by atomic mass is 10.1. The van der Waals surface area contributed by atoms with Crippen molar-refractivity contribution < 1.29 is 9.15 Å². The maximum atomic E-state index is 5.76. The molecule has 1 aromatic heterocycles. The van der Waals surface area contributed by atoms with Gasteiger partial charge in [-0.05, 0) is 48.7 Å². The largest absolute Gasteiger partial charge is 0.484 e. The lowest BCUT2D eigenvalue weighted by molar-refractivity contribution is 0.265. The maximum Gasteiger partial charge on any atom is 0.320 e. The molecule has 1 N–H and O–H groups in total. The van der Waals surface area contributed by atoms with E-state index in [4.69, 9.17) is 9.15 Å². The molecule has 0 unspecified atom stereocenters. The van der Waals surface area contributed by atoms with Crippen molar-refractivity contribution in [2.45, 2.75) is 20.5 Å². The number of aromatic nitrogens is 2. The Balaban J connectivity index is 1.37. The molecule has 28 heavy (non-hydrogen) atoms. The van der Waals surface area contributed by atoms with Gasteiger partial charge in [0, 0.05) is 5.69 Å². The second-order valence-electron chi connectivity index (χ2n) is 6.62. The van der Waals surface area contributed by atoms with Crippen molar-refractivity contribution in [3.8, 4) is 16.9 Å². The predicted molar refractivity (Wildman–Crippen MR) is 110 cm³/mol. The van der Waals surface area contributed by atoms with E-state index >= 15 is 0 Å². The van der Waals surface area contributed by atoms with Gasteiger partial charge in [-0.15, -0.1) is 5.10 Å². The van der Waals surface area contributed by atoms with Gasteiger partial charge in [0.05, 0.1) is 0 Å². The van der Waals surface area contributed by atoms with E-state index in [9.17, 15) is 0 Å². The Labute approximate surface area is 164 Å². The van der Waals surface area contributed by atoms with Crippen LogP contribution in [0.1, 0.15) is 17.0 Å². The van der Waals surface area contributed by atoms with Crippen molar-refractivity contribution in [3.63, 3.8) is 0 Å². The topological polar surface area (TPSA) is 60.2 Å². The van der Waals surface area contributed by atoms with E-state index in [1.165, 1.54) is 11.1 Å². The lowest BCUT2D eigenvalue weighted by Crippen LogP contribution is -1.95. The van der Waals surface area contributed by atoms with Crippen LogP contribution in [-0.4, -0.2) is 10.2 Å².